The summed E-state index contributed by atoms with van der Waals surface area (Å²) in [6, 6.07) is 10.2. The van der Waals surface area contributed by atoms with Gasteiger partial charge in [-0.1, -0.05) is 27.0 Å². The molecule has 210 valence electrons. The molecule has 0 aliphatic rings. The predicted octanol–water partition coefficient (Wildman–Crippen LogP) is 5.07. The van der Waals surface area contributed by atoms with Crippen molar-refractivity contribution in [3.05, 3.63) is 71.6 Å². The van der Waals surface area contributed by atoms with Gasteiger partial charge >= 0.3 is 6.61 Å². The lowest BCUT2D eigenvalue weighted by Crippen LogP contribution is -2.49. The molecule has 1 aromatic heterocycles. The number of alkyl halides is 2. The zero-order valence-corrected chi connectivity index (χ0v) is 23.7. The molecule has 0 saturated carbocycles. The van der Waals surface area contributed by atoms with E-state index in [0.29, 0.717) is 11.8 Å². The summed E-state index contributed by atoms with van der Waals surface area (Å²) in [5.41, 5.74) is -1.50. The van der Waals surface area contributed by atoms with Crippen LogP contribution in [0.2, 0.25) is 0 Å². The molecule has 13 heteroatoms. The molecule has 0 bridgehead atoms. The van der Waals surface area contributed by atoms with Gasteiger partial charge in [0.1, 0.15) is 38.8 Å². The molecule has 4 aromatic rings. The Labute approximate surface area is 238 Å². The maximum absolute atomic E-state index is 15.3. The molecular weight excluding hydrogens is 555 g/mol. The van der Waals surface area contributed by atoms with E-state index >= 15 is 4.39 Å². The molecule has 1 unspecified atom stereocenters. The van der Waals surface area contributed by atoms with Gasteiger partial charge in [-0.05, 0) is 68.8 Å². The molecular formula is C28H26B2F4N3O3P. The Morgan fingerprint density at radius 3 is 2.44 bits per heavy atom. The van der Waals surface area contributed by atoms with Crippen molar-refractivity contribution < 1.29 is 32.2 Å². The lowest BCUT2D eigenvalue weighted by Gasteiger charge is -2.38. The van der Waals surface area contributed by atoms with Crippen LogP contribution in [0.1, 0.15) is 35.6 Å². The molecule has 1 atom stereocenters. The Morgan fingerprint density at radius 2 is 1.85 bits per heavy atom. The third kappa shape index (κ3) is 6.05. The molecule has 41 heavy (non-hydrogen) atoms. The van der Waals surface area contributed by atoms with Gasteiger partial charge in [-0.25, -0.2) is 13.8 Å². The number of aromatic nitrogens is 2. The highest BCUT2D eigenvalue weighted by Gasteiger charge is 2.32. The Kier molecular flexibility index (Phi) is 8.97. The van der Waals surface area contributed by atoms with E-state index in [1.54, 1.807) is 19.1 Å². The normalized spacial score (nSPS) is 13.0. The number of halogens is 4. The fourth-order valence-corrected chi connectivity index (χ4v) is 5.63. The number of ether oxygens (including phenoxy) is 1. The summed E-state index contributed by atoms with van der Waals surface area (Å²) >= 11 is 0. The van der Waals surface area contributed by atoms with Crippen molar-refractivity contribution >= 4 is 46.2 Å². The first-order chi connectivity index (χ1) is 19.3. The van der Waals surface area contributed by atoms with Crippen LogP contribution in [-0.4, -0.2) is 74.0 Å². The van der Waals surface area contributed by atoms with Crippen LogP contribution in [0.3, 0.4) is 0 Å². The van der Waals surface area contributed by atoms with Crippen molar-refractivity contribution in [2.24, 2.45) is 0 Å². The summed E-state index contributed by atoms with van der Waals surface area (Å²) in [5, 5.41) is 10.6. The van der Waals surface area contributed by atoms with E-state index in [1.807, 2.05) is 13.3 Å². The van der Waals surface area contributed by atoms with E-state index in [9.17, 15) is 23.1 Å². The lowest BCUT2D eigenvalue weighted by molar-refractivity contribution is -0.0499. The van der Waals surface area contributed by atoms with Gasteiger partial charge in [-0.2, -0.15) is 8.78 Å². The lowest BCUT2D eigenvalue weighted by atomic mass is 9.71. The third-order valence-corrected chi connectivity index (χ3v) is 8.13. The first kappa shape index (κ1) is 30.8. The van der Waals surface area contributed by atoms with Crippen molar-refractivity contribution in [1.82, 2.24) is 14.5 Å². The van der Waals surface area contributed by atoms with Crippen molar-refractivity contribution in [2.45, 2.75) is 31.5 Å². The topological polar surface area (TPSA) is 67.6 Å². The number of carbonyl (C=O) groups is 1. The van der Waals surface area contributed by atoms with Crippen LogP contribution >= 0.6 is 7.92 Å². The molecule has 6 nitrogen and oxygen atoms in total. The van der Waals surface area contributed by atoms with Gasteiger partial charge in [-0.15, -0.1) is 0 Å². The van der Waals surface area contributed by atoms with Gasteiger partial charge in [0.25, 0.3) is 0 Å². The molecule has 3 aromatic carbocycles. The number of aliphatic hydroxyl groups is 1. The van der Waals surface area contributed by atoms with Crippen LogP contribution in [0.15, 0.2) is 48.5 Å². The van der Waals surface area contributed by atoms with Crippen LogP contribution in [0, 0.1) is 11.6 Å². The minimum atomic E-state index is -3.22. The van der Waals surface area contributed by atoms with Crippen LogP contribution in [-0.2, 0) is 0 Å². The first-order valence-electron chi connectivity index (χ1n) is 12.5. The summed E-state index contributed by atoms with van der Waals surface area (Å²) in [4.78, 5) is 18.0. The second-order valence-electron chi connectivity index (χ2n) is 9.70. The number of imidazole rings is 1. The predicted molar refractivity (Wildman–Crippen MR) is 154 cm³/mol. The third-order valence-electron chi connectivity index (χ3n) is 6.82. The smallest absolute Gasteiger partial charge is 0.387 e. The minimum absolute atomic E-state index is 0.0109. The molecule has 0 fully saturated rings. The first-order valence-corrected chi connectivity index (χ1v) is 14.8. The number of fused-ring (bicyclic) bond motifs is 1. The number of benzene rings is 3. The van der Waals surface area contributed by atoms with Crippen molar-refractivity contribution in [3.8, 4) is 22.6 Å². The number of aldehydes is 1. The zero-order chi connectivity index (χ0) is 30.2. The maximum Gasteiger partial charge on any atom is 0.387 e. The fourth-order valence-electron chi connectivity index (χ4n) is 4.76. The molecule has 1 heterocycles. The van der Waals surface area contributed by atoms with E-state index in [4.69, 9.17) is 20.4 Å². The Balaban J connectivity index is 2.09. The van der Waals surface area contributed by atoms with Gasteiger partial charge < -0.3 is 9.84 Å². The summed E-state index contributed by atoms with van der Waals surface area (Å²) < 4.78 is 63.3. The van der Waals surface area contributed by atoms with E-state index in [-0.39, 0.29) is 51.2 Å². The van der Waals surface area contributed by atoms with E-state index in [2.05, 4.69) is 4.98 Å². The summed E-state index contributed by atoms with van der Waals surface area (Å²) in [6.07, 6.45) is 0.761. The number of carbonyl (C=O) groups excluding carboxylic acids is 1. The Hall–Kier alpha value is -3.20. The zero-order valence-electron chi connectivity index (χ0n) is 22.8. The monoisotopic (exact) mass is 581 g/mol. The molecule has 0 spiro atoms. The van der Waals surface area contributed by atoms with Crippen molar-refractivity contribution in [1.29, 1.82) is 0 Å². The van der Waals surface area contributed by atoms with Gasteiger partial charge in [0.15, 0.2) is 12.0 Å². The molecule has 0 aliphatic heterocycles. The van der Waals surface area contributed by atoms with Gasteiger partial charge in [-0.3, -0.25) is 14.3 Å². The maximum atomic E-state index is 15.3. The minimum Gasteiger partial charge on any atom is -0.433 e. The number of nitrogens with zero attached hydrogens (tertiary/aromatic N) is 3. The van der Waals surface area contributed by atoms with E-state index in [1.165, 1.54) is 46.8 Å². The van der Waals surface area contributed by atoms with Crippen molar-refractivity contribution in [2.75, 3.05) is 20.4 Å². The highest BCUT2D eigenvalue weighted by molar-refractivity contribution is 7.64. The average molecular weight is 581 g/mol. The molecule has 0 saturated heterocycles. The number of rotatable bonds is 10. The quantitative estimate of drug-likeness (QED) is 0.0932. The molecule has 0 aliphatic carbocycles. The molecule has 4 radical (unpaired) electrons. The van der Waals surface area contributed by atoms with Crippen molar-refractivity contribution in [3.63, 3.8) is 0 Å². The highest BCUT2D eigenvalue weighted by Crippen LogP contribution is 2.38. The number of hydrogen-bond acceptors (Lipinski definition) is 5. The standard InChI is InChI=1S/C28H26B2F4N3O3P/c1-5-21(36(2)28(29,30)39)26-35-20-10-9-15(17-12-19(32)24(41(3)4)13-18(17)31)11-22(20)37(26)25-16(14-38)7-6-8-23(25)40-27(33)34/h6-14,21,27,39H,5H2,1-4H3. The van der Waals surface area contributed by atoms with Crippen LogP contribution in [0.25, 0.3) is 27.8 Å². The van der Waals surface area contributed by atoms with Crippen LogP contribution in [0.5, 0.6) is 5.75 Å². The Bertz CT molecular complexity index is 1590. The van der Waals surface area contributed by atoms with Gasteiger partial charge in [0.05, 0.1) is 17.1 Å². The van der Waals surface area contributed by atoms with Crippen LogP contribution in [0.4, 0.5) is 17.6 Å². The summed E-state index contributed by atoms with van der Waals surface area (Å²) in [5.74, 6) is -1.34. The molecule has 0 amide bonds. The van der Waals surface area contributed by atoms with Gasteiger partial charge in [0.2, 0.25) is 0 Å². The second-order valence-corrected chi connectivity index (χ2v) is 12.0. The molecule has 1 N–H and O–H groups in total. The van der Waals surface area contributed by atoms with E-state index < -0.39 is 37.7 Å². The molecule has 4 rings (SSSR count). The fraction of sp³-hybridized carbons (Fsp3) is 0.286. The average Bonchev–Trinajstić information content (AvgIpc) is 3.26. The summed E-state index contributed by atoms with van der Waals surface area (Å²) in [6.45, 7) is 2.17. The number of hydrogen-bond donors (Lipinski definition) is 1. The largest absolute Gasteiger partial charge is 0.433 e. The van der Waals surface area contributed by atoms with Crippen LogP contribution < -0.4 is 10.0 Å². The van der Waals surface area contributed by atoms with E-state index in [0.717, 1.165) is 6.07 Å². The number of para-hydroxylation sites is 1. The van der Waals surface area contributed by atoms with Gasteiger partial charge in [0, 0.05) is 22.0 Å². The second kappa shape index (κ2) is 12.0. The summed E-state index contributed by atoms with van der Waals surface area (Å²) in [7, 11) is 12.1. The Morgan fingerprint density at radius 1 is 1.15 bits per heavy atom. The SMILES string of the molecule is [B]C([B])(O)N(C)C(CC)c1nc2ccc(-c3cc(F)c(P(C)C)cc3F)cc2n1-c1c(C=O)cccc1OC(F)F. The highest BCUT2D eigenvalue weighted by atomic mass is 31.1.